The van der Waals surface area contributed by atoms with Gasteiger partial charge in [0.05, 0.1) is 0 Å². The van der Waals surface area contributed by atoms with Gasteiger partial charge in [0.25, 0.3) is 0 Å². The lowest BCUT2D eigenvalue weighted by atomic mass is 10.0. The fourth-order valence-electron chi connectivity index (χ4n) is 5.24. The van der Waals surface area contributed by atoms with Crippen LogP contribution in [0.3, 0.4) is 0 Å². The van der Waals surface area contributed by atoms with E-state index in [2.05, 4.69) is 24.1 Å². The molecule has 0 aliphatic rings. The topological polar surface area (TPSA) is 69.6 Å². The second kappa shape index (κ2) is 30.3. The molecule has 0 aromatic rings. The maximum Gasteiger partial charge on any atom is 0.404 e. The first-order chi connectivity index (χ1) is 18.6. The van der Waals surface area contributed by atoms with Gasteiger partial charge in [0.2, 0.25) is 5.91 Å². The highest BCUT2D eigenvalue weighted by Crippen LogP contribution is 2.14. The lowest BCUT2D eigenvalue weighted by molar-refractivity contribution is -0.131. The van der Waals surface area contributed by atoms with Crippen molar-refractivity contribution in [3.05, 3.63) is 0 Å². The van der Waals surface area contributed by atoms with Crippen molar-refractivity contribution in [2.45, 2.75) is 181 Å². The van der Waals surface area contributed by atoms with Crippen LogP contribution in [0.4, 0.5) is 4.79 Å². The monoisotopic (exact) mass is 539 g/mol. The number of rotatable bonds is 30. The van der Waals surface area contributed by atoms with Gasteiger partial charge in [0, 0.05) is 26.1 Å². The Morgan fingerprint density at radius 1 is 0.500 bits per heavy atom. The summed E-state index contributed by atoms with van der Waals surface area (Å²) in [5.74, 6) is 0.198. The van der Waals surface area contributed by atoms with Crippen LogP contribution < -0.4 is 5.32 Å². The van der Waals surface area contributed by atoms with Crippen LogP contribution in [0.2, 0.25) is 0 Å². The molecule has 5 nitrogen and oxygen atoms in total. The van der Waals surface area contributed by atoms with Crippen LogP contribution in [0.15, 0.2) is 0 Å². The normalized spacial score (nSPS) is 11.1. The van der Waals surface area contributed by atoms with Crippen LogP contribution in [0.5, 0.6) is 0 Å². The molecular weight excluding hydrogens is 472 g/mol. The molecule has 0 saturated carbocycles. The average molecular weight is 539 g/mol. The molecule has 0 rings (SSSR count). The van der Waals surface area contributed by atoms with Crippen molar-refractivity contribution in [3.63, 3.8) is 0 Å². The standard InChI is InChI=1S/C33H66N2O3/c1-3-5-7-9-11-13-15-17-19-21-23-25-30-35(32(36)28-27-29-34-33(37)38)31-26-24-22-20-18-16-14-12-10-8-6-4-2/h34H,3-31H2,1-2H3,(H,37,38). The third kappa shape index (κ3) is 27.8. The van der Waals surface area contributed by atoms with Gasteiger partial charge >= 0.3 is 6.09 Å². The number of unbranched alkanes of at least 4 members (excludes halogenated alkanes) is 22. The lowest BCUT2D eigenvalue weighted by Crippen LogP contribution is -2.33. The van der Waals surface area contributed by atoms with Crippen LogP contribution in [0.25, 0.3) is 0 Å². The van der Waals surface area contributed by atoms with E-state index < -0.39 is 6.09 Å². The van der Waals surface area contributed by atoms with Crippen molar-refractivity contribution < 1.29 is 14.7 Å². The lowest BCUT2D eigenvalue weighted by Gasteiger charge is -2.23. The molecule has 0 atom stereocenters. The minimum atomic E-state index is -1.01. The number of nitrogens with zero attached hydrogens (tertiary/aromatic N) is 1. The summed E-state index contributed by atoms with van der Waals surface area (Å²) in [6.45, 7) is 6.62. The van der Waals surface area contributed by atoms with E-state index >= 15 is 0 Å². The number of hydrogen-bond acceptors (Lipinski definition) is 2. The predicted molar refractivity (Wildman–Crippen MR) is 164 cm³/mol. The van der Waals surface area contributed by atoms with Crippen LogP contribution in [0, 0.1) is 0 Å². The highest BCUT2D eigenvalue weighted by atomic mass is 16.4. The maximum absolute atomic E-state index is 12.8. The van der Waals surface area contributed by atoms with Crippen molar-refractivity contribution in [2.75, 3.05) is 19.6 Å². The fraction of sp³-hybridized carbons (Fsp3) is 0.939. The van der Waals surface area contributed by atoms with Gasteiger partial charge in [0.1, 0.15) is 0 Å². The number of carbonyl (C=O) groups is 2. The van der Waals surface area contributed by atoms with E-state index in [0.717, 1.165) is 25.9 Å². The molecule has 2 N–H and O–H groups in total. The first-order valence-electron chi connectivity index (χ1n) is 16.9. The Bertz CT molecular complexity index is 484. The average Bonchev–Trinajstić information content (AvgIpc) is 2.90. The first kappa shape index (κ1) is 36.7. The second-order valence-electron chi connectivity index (χ2n) is 11.5. The largest absolute Gasteiger partial charge is 0.465 e. The summed E-state index contributed by atoms with van der Waals surface area (Å²) in [7, 11) is 0. The molecule has 0 fully saturated rings. The van der Waals surface area contributed by atoms with Gasteiger partial charge in [-0.15, -0.1) is 0 Å². The Morgan fingerprint density at radius 3 is 1.13 bits per heavy atom. The van der Waals surface area contributed by atoms with Crippen molar-refractivity contribution in [1.82, 2.24) is 10.2 Å². The van der Waals surface area contributed by atoms with E-state index in [-0.39, 0.29) is 5.91 Å². The molecule has 226 valence electrons. The third-order valence-electron chi connectivity index (χ3n) is 7.76. The fourth-order valence-corrected chi connectivity index (χ4v) is 5.24. The molecule has 0 bridgehead atoms. The van der Waals surface area contributed by atoms with Gasteiger partial charge in [-0.1, -0.05) is 155 Å². The van der Waals surface area contributed by atoms with E-state index in [9.17, 15) is 9.59 Å². The summed E-state index contributed by atoms with van der Waals surface area (Å²) in [6, 6.07) is 0. The highest BCUT2D eigenvalue weighted by Gasteiger charge is 2.13. The molecule has 0 heterocycles. The summed E-state index contributed by atoms with van der Waals surface area (Å²) in [5, 5.41) is 11.1. The minimum Gasteiger partial charge on any atom is -0.465 e. The summed E-state index contributed by atoms with van der Waals surface area (Å²) < 4.78 is 0. The van der Waals surface area contributed by atoms with E-state index in [1.165, 1.54) is 141 Å². The van der Waals surface area contributed by atoms with Gasteiger partial charge in [-0.3, -0.25) is 4.79 Å². The van der Waals surface area contributed by atoms with E-state index in [0.29, 0.717) is 19.4 Å². The number of carboxylic acid groups (broad SMARTS) is 1. The Labute approximate surface area is 237 Å². The van der Waals surface area contributed by atoms with Gasteiger partial charge < -0.3 is 15.3 Å². The van der Waals surface area contributed by atoms with Gasteiger partial charge in [-0.05, 0) is 19.3 Å². The zero-order chi connectivity index (χ0) is 27.9. The zero-order valence-electron chi connectivity index (χ0n) is 25.7. The Kier molecular flexibility index (Phi) is 29.3. The summed E-state index contributed by atoms with van der Waals surface area (Å²) in [4.78, 5) is 25.5. The molecule has 0 aliphatic heterocycles. The van der Waals surface area contributed by atoms with Crippen LogP contribution in [0.1, 0.15) is 181 Å². The Morgan fingerprint density at radius 2 is 0.816 bits per heavy atom. The number of hydrogen-bond donors (Lipinski definition) is 2. The van der Waals surface area contributed by atoms with E-state index in [4.69, 9.17) is 5.11 Å². The molecule has 2 amide bonds. The van der Waals surface area contributed by atoms with Crippen molar-refractivity contribution in [3.8, 4) is 0 Å². The minimum absolute atomic E-state index is 0.198. The SMILES string of the molecule is CCCCCCCCCCCCCCN(CCCCCCCCCCCCCC)C(=O)CCCNC(=O)O. The molecule has 0 aliphatic carbocycles. The summed E-state index contributed by atoms with van der Waals surface area (Å²) in [5.41, 5.74) is 0. The first-order valence-corrected chi connectivity index (χ1v) is 16.9. The van der Waals surface area contributed by atoms with Gasteiger partial charge in [0.15, 0.2) is 0 Å². The maximum atomic E-state index is 12.8. The quantitative estimate of drug-likeness (QED) is 0.0893. The van der Waals surface area contributed by atoms with Crippen LogP contribution >= 0.6 is 0 Å². The van der Waals surface area contributed by atoms with Crippen molar-refractivity contribution in [2.24, 2.45) is 0 Å². The molecule has 0 aromatic carbocycles. The number of carbonyl (C=O) groups excluding carboxylic acids is 1. The molecule has 0 spiro atoms. The van der Waals surface area contributed by atoms with E-state index in [1.54, 1.807) is 0 Å². The summed E-state index contributed by atoms with van der Waals surface area (Å²) in [6.07, 6.45) is 31.9. The molecule has 0 aromatic heterocycles. The molecule has 0 unspecified atom stereocenters. The van der Waals surface area contributed by atoms with Crippen LogP contribution in [-0.4, -0.2) is 41.6 Å². The van der Waals surface area contributed by atoms with E-state index in [1.807, 2.05) is 0 Å². The molecular formula is C33H66N2O3. The predicted octanol–water partition coefficient (Wildman–Crippen LogP) is 10.3. The second-order valence-corrected chi connectivity index (χ2v) is 11.5. The molecule has 38 heavy (non-hydrogen) atoms. The molecule has 0 saturated heterocycles. The van der Waals surface area contributed by atoms with Gasteiger partial charge in [-0.2, -0.15) is 0 Å². The highest BCUT2D eigenvalue weighted by molar-refractivity contribution is 5.76. The smallest absolute Gasteiger partial charge is 0.404 e. The number of nitrogens with one attached hydrogen (secondary N) is 1. The van der Waals surface area contributed by atoms with Crippen molar-refractivity contribution in [1.29, 1.82) is 0 Å². The summed E-state index contributed by atoms with van der Waals surface area (Å²) >= 11 is 0. The number of amides is 2. The van der Waals surface area contributed by atoms with Crippen molar-refractivity contribution >= 4 is 12.0 Å². The molecule has 0 radical (unpaired) electrons. The third-order valence-corrected chi connectivity index (χ3v) is 7.76. The Hall–Kier alpha value is -1.26. The zero-order valence-corrected chi connectivity index (χ0v) is 25.7. The van der Waals surface area contributed by atoms with Crippen LogP contribution in [-0.2, 0) is 4.79 Å². The molecule has 5 heteroatoms. The van der Waals surface area contributed by atoms with Gasteiger partial charge in [-0.25, -0.2) is 4.79 Å². The Balaban J connectivity index is 3.96.